The molecule has 0 N–H and O–H groups in total. The SMILES string of the molecule is CCCCCCCCc1cc2c(-c3ccc4c(c3)C(CC(CCCC)CCCCCC)(CC(CCCC)CCCCCC)C3=C4C(CC(CCCC)CCCCCC)(CC(CCCC)CCCCCC)c4cc(-c5sc(/C=C6\C(=O)c7cc(F)c(F)cc7C6=C(C#N)C#N)c6[se]c(CCCCCCCC)cc56)ccc43)sc(/C=C3\C(=O)c4cc(F)c(F)cc4C3=C(C#N)C#N)c2[se]1. The summed E-state index contributed by atoms with van der Waals surface area (Å²) in [5.74, 6) is -3.95. The van der Waals surface area contributed by atoms with E-state index >= 15 is 27.2 Å². The van der Waals surface area contributed by atoms with Gasteiger partial charge in [-0.25, -0.2) is 0 Å². The number of halogens is 4. The number of unbranched alkanes of at least 4 members (excludes halogenated alkanes) is 26. The van der Waals surface area contributed by atoms with Crippen LogP contribution in [0.2, 0.25) is 0 Å². The number of nitriles is 4. The van der Waals surface area contributed by atoms with Crippen LogP contribution in [0.15, 0.2) is 95.1 Å². The minimum atomic E-state index is -1.16. The molecule has 0 amide bonds. The van der Waals surface area contributed by atoms with Crippen molar-refractivity contribution < 1.29 is 27.2 Å². The number of hydrogen-bond donors (Lipinski definition) is 0. The molecule has 0 saturated heterocycles. The fraction of sp³-hybridized carbons (Fsp3) is 0.559. The summed E-state index contributed by atoms with van der Waals surface area (Å²) in [6.07, 6.45) is 61.3. The molecule has 4 aromatic carbocycles. The van der Waals surface area contributed by atoms with Crippen LogP contribution in [0, 0.1) is 92.3 Å². The molecule has 14 heteroatoms. The Labute approximate surface area is 810 Å². The van der Waals surface area contributed by atoms with Gasteiger partial charge in [0.25, 0.3) is 0 Å². The van der Waals surface area contributed by atoms with E-state index in [1.165, 1.54) is 205 Å². The molecule has 8 aromatic rings. The van der Waals surface area contributed by atoms with Crippen LogP contribution in [0.5, 0.6) is 0 Å². The van der Waals surface area contributed by atoms with Crippen molar-refractivity contribution in [2.24, 2.45) is 23.7 Å². The number of Topliss-reactive ketones (excluding diaryl/α,β-unsaturated/α-hetero) is 2. The van der Waals surface area contributed by atoms with Crippen molar-refractivity contribution in [1.82, 2.24) is 0 Å². The molecule has 6 nitrogen and oxygen atoms in total. The second-order valence-corrected chi connectivity index (χ2v) is 46.4. The van der Waals surface area contributed by atoms with Gasteiger partial charge in [-0.1, -0.05) is 107 Å². The van der Waals surface area contributed by atoms with Crippen LogP contribution in [0.3, 0.4) is 0 Å². The second-order valence-electron chi connectivity index (χ2n) is 39.6. The zero-order valence-corrected chi connectivity index (χ0v) is 86.6. The first-order chi connectivity index (χ1) is 64.3. The van der Waals surface area contributed by atoms with E-state index in [0.29, 0.717) is 23.7 Å². The fourth-order valence-electron chi connectivity index (χ4n) is 23.0. The van der Waals surface area contributed by atoms with E-state index in [-0.39, 0.29) is 84.7 Å². The third kappa shape index (κ3) is 24.0. The van der Waals surface area contributed by atoms with Gasteiger partial charge < -0.3 is 0 Å². The van der Waals surface area contributed by atoms with Gasteiger partial charge in [0.05, 0.1) is 0 Å². The number of benzene rings is 4. The summed E-state index contributed by atoms with van der Waals surface area (Å²) in [5, 5.41) is 45.2. The monoisotopic (exact) mass is 1950 g/mol. The number of nitrogens with zero attached hydrogens (tertiary/aromatic N) is 4. The van der Waals surface area contributed by atoms with Gasteiger partial charge in [0.15, 0.2) is 0 Å². The van der Waals surface area contributed by atoms with Gasteiger partial charge in [0.2, 0.25) is 0 Å². The Hall–Kier alpha value is -7.48. The standard InChI is InChI=1S/C118H148F4N4O2S2Se2/c1-11-21-31-37-39-45-55-87-63-97-113(129-105(115(97)131-87)69-95-107(85(75-123)76-124)91-65-101(119)103(121)67-93(91)111(95)127)83-57-59-89-99(61-83)117(71-79(47-27-17-7)51-41-33-23-13-3,72-80(48-28-18-8)52-42-34-24-14-4)110-90-60-58-84(62-100(90)118(109(89)110,73-81(49-29-19-9)53-43-35-25-15-5)74-82(50-30-20-10)54-44-36-26-16-6)114-98-64-88(56-46-40-38-32-22-12-2)132-116(98)106(130-114)70-96-108(86(77-125)78-126)92-66-102(120)104(122)68-94(92)112(96)128/h57-70,79-82H,11-56,71-74H2,1-10H3/b95-69-,96-70-. The topological polar surface area (TPSA) is 129 Å². The molecule has 0 fully saturated rings. The van der Waals surface area contributed by atoms with Crippen LogP contribution in [0.1, 0.15) is 450 Å². The summed E-state index contributed by atoms with van der Waals surface area (Å²) in [7, 11) is 0. The van der Waals surface area contributed by atoms with Crippen LogP contribution in [0.25, 0.3) is 74.6 Å². The van der Waals surface area contributed by atoms with Crippen molar-refractivity contribution in [2.45, 2.75) is 401 Å². The molecule has 4 aromatic heterocycles. The Balaban J connectivity index is 1.20. The first-order valence-corrected chi connectivity index (χ1v) is 57.2. The molecule has 132 heavy (non-hydrogen) atoms. The summed E-state index contributed by atoms with van der Waals surface area (Å²) in [5.41, 5.74) is 10.1. The van der Waals surface area contributed by atoms with E-state index in [0.717, 1.165) is 222 Å². The molecule has 0 bridgehead atoms. The zero-order chi connectivity index (χ0) is 93.9. The van der Waals surface area contributed by atoms with Crippen LogP contribution in [0.4, 0.5) is 17.6 Å². The Morgan fingerprint density at radius 2 is 0.614 bits per heavy atom. The van der Waals surface area contributed by atoms with Crippen molar-refractivity contribution in [3.05, 3.63) is 181 Å². The number of carbonyl (C=O) groups is 2. The molecular formula is C118H148F4N4O2S2Se2. The number of ketones is 2. The maximum atomic E-state index is 15.6. The number of hydrogen-bond acceptors (Lipinski definition) is 8. The first-order valence-electron chi connectivity index (χ1n) is 52.1. The Kier molecular flexibility index (Phi) is 40.0. The van der Waals surface area contributed by atoms with Gasteiger partial charge in [-0.3, -0.25) is 0 Å². The summed E-state index contributed by atoms with van der Waals surface area (Å²) in [6.45, 7) is 23.4. The average Bonchev–Trinajstić information content (AvgIpc) is 1.50. The van der Waals surface area contributed by atoms with Crippen molar-refractivity contribution >= 4 is 117 Å². The summed E-state index contributed by atoms with van der Waals surface area (Å²) < 4.78 is 67.3. The molecule has 4 heterocycles. The van der Waals surface area contributed by atoms with Gasteiger partial charge in [-0.2, -0.15) is 0 Å². The first kappa shape index (κ1) is 103. The Morgan fingerprint density at radius 3 is 0.909 bits per heavy atom. The van der Waals surface area contributed by atoms with Crippen molar-refractivity contribution in [2.75, 3.05) is 0 Å². The molecule has 12 rings (SSSR count). The molecule has 0 saturated carbocycles. The molecule has 4 aliphatic carbocycles. The molecule has 4 unspecified atom stereocenters. The van der Waals surface area contributed by atoms with Crippen molar-refractivity contribution in [3.8, 4) is 45.2 Å². The van der Waals surface area contributed by atoms with E-state index < -0.39 is 45.7 Å². The van der Waals surface area contributed by atoms with E-state index in [1.54, 1.807) is 33.8 Å². The van der Waals surface area contributed by atoms with E-state index in [2.05, 4.69) is 142 Å². The number of aryl methyl sites for hydroxylation is 2. The number of carbonyl (C=O) groups excluding carboxylic acids is 2. The molecule has 704 valence electrons. The number of allylic oxidation sites excluding steroid dienone is 8. The predicted molar refractivity (Wildman–Crippen MR) is 552 cm³/mol. The Morgan fingerprint density at radius 1 is 0.341 bits per heavy atom. The predicted octanol–water partition coefficient (Wildman–Crippen LogP) is 36.2. The third-order valence-corrected chi connectivity index (χ3v) is 37.9. The Bertz CT molecular complexity index is 5220. The van der Waals surface area contributed by atoms with E-state index in [9.17, 15) is 21.0 Å². The van der Waals surface area contributed by atoms with Crippen molar-refractivity contribution in [3.63, 3.8) is 0 Å². The molecule has 0 spiro atoms. The second kappa shape index (κ2) is 51.1. The summed E-state index contributed by atoms with van der Waals surface area (Å²) in [6, 6.07) is 32.8. The van der Waals surface area contributed by atoms with Crippen LogP contribution in [-0.4, -0.2) is 40.6 Å². The molecule has 4 atom stereocenters. The normalized spacial score (nSPS) is 17.1. The van der Waals surface area contributed by atoms with E-state index in [4.69, 9.17) is 0 Å². The molecular weight excluding hydrogens is 1800 g/mol. The maximum absolute atomic E-state index is 15.6. The van der Waals surface area contributed by atoms with Gasteiger partial charge in [-0.05, 0) is 0 Å². The summed E-state index contributed by atoms with van der Waals surface area (Å²) in [4.78, 5) is 34.3. The quantitative estimate of drug-likeness (QED) is 0.0123. The third-order valence-electron chi connectivity index (χ3n) is 29.8. The van der Waals surface area contributed by atoms with Gasteiger partial charge >= 0.3 is 710 Å². The van der Waals surface area contributed by atoms with Gasteiger partial charge in [0.1, 0.15) is 0 Å². The molecule has 0 radical (unpaired) electrons. The van der Waals surface area contributed by atoms with Crippen LogP contribution >= 0.6 is 22.7 Å². The zero-order valence-electron chi connectivity index (χ0n) is 81.5. The number of fused-ring (bicyclic) bond motifs is 8. The molecule has 0 aliphatic heterocycles. The number of rotatable bonds is 58. The summed E-state index contributed by atoms with van der Waals surface area (Å²) >= 11 is 3.10. The van der Waals surface area contributed by atoms with Crippen molar-refractivity contribution in [1.29, 1.82) is 21.0 Å². The van der Waals surface area contributed by atoms with Crippen LogP contribution in [-0.2, 0) is 23.7 Å². The van der Waals surface area contributed by atoms with Gasteiger partial charge in [-0.15, -0.1) is 0 Å². The molecule has 4 aliphatic rings. The van der Waals surface area contributed by atoms with Crippen LogP contribution < -0.4 is 0 Å². The minimum absolute atomic E-state index is 0.0509. The van der Waals surface area contributed by atoms with Gasteiger partial charge in [0, 0.05) is 0 Å². The van der Waals surface area contributed by atoms with E-state index in [1.807, 2.05) is 12.2 Å². The average molecular weight is 1950 g/mol. The fourth-order valence-corrected chi connectivity index (χ4v) is 31.2. The number of thiophene rings is 2.